The molecule has 0 spiro atoms. The molecule has 6 nitrogen and oxygen atoms in total. The van der Waals surface area contributed by atoms with E-state index in [4.69, 9.17) is 9.47 Å². The molecule has 2 saturated heterocycles. The molecular formula is C28H37Cl2F4N3O3. The van der Waals surface area contributed by atoms with Crippen LogP contribution in [0.3, 0.4) is 0 Å². The molecule has 2 fully saturated rings. The minimum atomic E-state index is -4.61. The zero-order valence-corrected chi connectivity index (χ0v) is 24.5. The van der Waals surface area contributed by atoms with Crippen LogP contribution in [0.5, 0.6) is 5.75 Å². The molecule has 12 heteroatoms. The summed E-state index contributed by atoms with van der Waals surface area (Å²) in [6.45, 7) is 9.06. The van der Waals surface area contributed by atoms with Crippen LogP contribution < -0.4 is 4.74 Å². The minimum Gasteiger partial charge on any atom is -0.497 e. The van der Waals surface area contributed by atoms with Gasteiger partial charge in [-0.05, 0) is 56.2 Å². The molecule has 3 atom stereocenters. The van der Waals surface area contributed by atoms with Gasteiger partial charge >= 0.3 is 6.18 Å². The molecule has 0 bridgehead atoms. The number of methoxy groups -OCH3 is 1. The Bertz CT molecular complexity index is 1100. The number of rotatable bonds is 7. The average Bonchev–Trinajstić information content (AvgIpc) is 2.87. The molecule has 2 heterocycles. The van der Waals surface area contributed by atoms with Gasteiger partial charge in [-0.3, -0.25) is 14.6 Å². The predicted octanol–water partition coefficient (Wildman–Crippen LogP) is 5.18. The van der Waals surface area contributed by atoms with E-state index in [1.807, 2.05) is 0 Å². The van der Waals surface area contributed by atoms with Crippen molar-refractivity contribution in [3.05, 3.63) is 65.0 Å². The number of piperazine rings is 1. The number of carbonyl (C=O) groups excluding carboxylic acids is 1. The van der Waals surface area contributed by atoms with Gasteiger partial charge in [0.1, 0.15) is 11.6 Å². The van der Waals surface area contributed by atoms with Crippen LogP contribution in [0.15, 0.2) is 42.5 Å². The predicted molar refractivity (Wildman–Crippen MR) is 150 cm³/mol. The molecule has 2 aliphatic heterocycles. The Morgan fingerprint density at radius 2 is 1.57 bits per heavy atom. The lowest BCUT2D eigenvalue weighted by Gasteiger charge is -2.43. The molecule has 2 aromatic rings. The maximum Gasteiger partial charge on any atom is 0.416 e. The highest BCUT2D eigenvalue weighted by Crippen LogP contribution is 2.33. The fourth-order valence-electron chi connectivity index (χ4n) is 5.38. The summed E-state index contributed by atoms with van der Waals surface area (Å²) < 4.78 is 64.9. The van der Waals surface area contributed by atoms with E-state index in [9.17, 15) is 22.4 Å². The average molecular weight is 611 g/mol. The summed E-state index contributed by atoms with van der Waals surface area (Å²) in [4.78, 5) is 19.9. The first-order valence-corrected chi connectivity index (χ1v) is 12.9. The van der Waals surface area contributed by atoms with Gasteiger partial charge in [-0.25, -0.2) is 4.39 Å². The zero-order valence-electron chi connectivity index (χ0n) is 22.8. The number of amides is 1. The Morgan fingerprint density at radius 1 is 0.950 bits per heavy atom. The minimum absolute atomic E-state index is 0. The van der Waals surface area contributed by atoms with Gasteiger partial charge in [-0.15, -0.1) is 24.8 Å². The number of hydrogen-bond acceptors (Lipinski definition) is 5. The number of benzene rings is 2. The molecule has 0 aromatic heterocycles. The first-order valence-electron chi connectivity index (χ1n) is 12.9. The van der Waals surface area contributed by atoms with Crippen molar-refractivity contribution < 1.29 is 31.8 Å². The van der Waals surface area contributed by atoms with E-state index in [0.717, 1.165) is 43.9 Å². The highest BCUT2D eigenvalue weighted by atomic mass is 35.5. The number of nitrogens with zero attached hydrogens (tertiary/aromatic N) is 3. The van der Waals surface area contributed by atoms with Crippen LogP contribution in [-0.4, -0.2) is 91.8 Å². The highest BCUT2D eigenvalue weighted by molar-refractivity contribution is 5.95. The smallest absolute Gasteiger partial charge is 0.416 e. The van der Waals surface area contributed by atoms with E-state index in [2.05, 4.69) is 23.6 Å². The summed E-state index contributed by atoms with van der Waals surface area (Å²) in [5.41, 5.74) is -0.137. The van der Waals surface area contributed by atoms with Crippen molar-refractivity contribution in [2.45, 2.75) is 44.7 Å². The zero-order chi connectivity index (χ0) is 27.4. The topological polar surface area (TPSA) is 45.2 Å². The van der Waals surface area contributed by atoms with Crippen molar-refractivity contribution in [3.8, 4) is 5.75 Å². The second-order valence-electron chi connectivity index (χ2n) is 10.2. The van der Waals surface area contributed by atoms with Gasteiger partial charge in [0.15, 0.2) is 0 Å². The normalized spacial score (nSPS) is 22.3. The summed E-state index contributed by atoms with van der Waals surface area (Å²) in [6.07, 6.45) is -3.80. The SMILES string of the molecule is COc1cc(C(=O)N2CCN(CCN3CC(C)OC(C)C3)C[C@H]2Cc2ccc(F)cc2)cc(C(F)(F)F)c1.Cl.Cl. The molecule has 0 aliphatic carbocycles. The van der Waals surface area contributed by atoms with Gasteiger partial charge in [0, 0.05) is 57.4 Å². The molecule has 0 saturated carbocycles. The molecule has 2 aromatic carbocycles. The Hall–Kier alpha value is -2.11. The van der Waals surface area contributed by atoms with Gasteiger partial charge in [0.05, 0.1) is 24.9 Å². The number of carbonyl (C=O) groups is 1. The molecule has 4 rings (SSSR count). The standard InChI is InChI=1S/C28H35F4N3O3.2ClH/c1-19-16-34(17-20(2)38-19)9-8-33-10-11-35(25(18-33)12-21-4-6-24(29)7-5-21)27(36)22-13-23(28(30,31)32)15-26(14-22)37-3;;/h4-7,13-15,19-20,25H,8-12,16-18H2,1-3H3;2*1H/t19?,20?,25-;;/m1../s1. The van der Waals surface area contributed by atoms with Crippen molar-refractivity contribution >= 4 is 30.7 Å². The van der Waals surface area contributed by atoms with Crippen molar-refractivity contribution in [2.24, 2.45) is 0 Å². The van der Waals surface area contributed by atoms with Crippen molar-refractivity contribution in [3.63, 3.8) is 0 Å². The Balaban J connectivity index is 0.00000280. The third kappa shape index (κ3) is 8.94. The summed E-state index contributed by atoms with van der Waals surface area (Å²) >= 11 is 0. The van der Waals surface area contributed by atoms with Gasteiger partial charge in [0.25, 0.3) is 5.91 Å². The van der Waals surface area contributed by atoms with Gasteiger partial charge in [0.2, 0.25) is 0 Å². The third-order valence-electron chi connectivity index (χ3n) is 7.16. The third-order valence-corrected chi connectivity index (χ3v) is 7.16. The van der Waals surface area contributed by atoms with E-state index in [1.165, 1.54) is 25.3 Å². The second-order valence-corrected chi connectivity index (χ2v) is 10.2. The summed E-state index contributed by atoms with van der Waals surface area (Å²) in [7, 11) is 1.27. The van der Waals surface area contributed by atoms with Crippen molar-refractivity contribution in [1.29, 1.82) is 0 Å². The Kier molecular flexibility index (Phi) is 12.5. The maximum atomic E-state index is 13.6. The van der Waals surface area contributed by atoms with Crippen LogP contribution in [0.25, 0.3) is 0 Å². The molecule has 40 heavy (non-hydrogen) atoms. The largest absolute Gasteiger partial charge is 0.497 e. The van der Waals surface area contributed by atoms with E-state index >= 15 is 0 Å². The number of hydrogen-bond donors (Lipinski definition) is 0. The fourth-order valence-corrected chi connectivity index (χ4v) is 5.38. The molecule has 224 valence electrons. The first-order chi connectivity index (χ1) is 18.0. The molecule has 2 aliphatic rings. The Morgan fingerprint density at radius 3 is 2.17 bits per heavy atom. The van der Waals surface area contributed by atoms with Gasteiger partial charge in [-0.1, -0.05) is 12.1 Å². The van der Waals surface area contributed by atoms with Crippen LogP contribution >= 0.6 is 24.8 Å². The molecule has 0 N–H and O–H groups in total. The van der Waals surface area contributed by atoms with E-state index in [-0.39, 0.29) is 60.2 Å². The van der Waals surface area contributed by atoms with Crippen molar-refractivity contribution in [1.82, 2.24) is 14.7 Å². The van der Waals surface area contributed by atoms with E-state index < -0.39 is 17.6 Å². The maximum absolute atomic E-state index is 13.6. The number of alkyl halides is 3. The van der Waals surface area contributed by atoms with Crippen LogP contribution in [0, 0.1) is 5.82 Å². The summed E-state index contributed by atoms with van der Waals surface area (Å²) in [5.74, 6) is -0.847. The van der Waals surface area contributed by atoms with Gasteiger partial charge < -0.3 is 14.4 Å². The van der Waals surface area contributed by atoms with Crippen LogP contribution in [0.1, 0.15) is 35.3 Å². The monoisotopic (exact) mass is 609 g/mol. The van der Waals surface area contributed by atoms with E-state index in [0.29, 0.717) is 26.1 Å². The second kappa shape index (κ2) is 14.7. The molecule has 2 unspecified atom stereocenters. The molecule has 1 amide bonds. The quantitative estimate of drug-likeness (QED) is 0.405. The molecular weight excluding hydrogens is 573 g/mol. The number of morpholine rings is 1. The van der Waals surface area contributed by atoms with Gasteiger partial charge in [-0.2, -0.15) is 13.2 Å². The van der Waals surface area contributed by atoms with Crippen LogP contribution in [0.4, 0.5) is 17.6 Å². The summed E-state index contributed by atoms with van der Waals surface area (Å²) in [5, 5.41) is 0. The van der Waals surface area contributed by atoms with Crippen molar-refractivity contribution in [2.75, 3.05) is 52.9 Å². The Labute approximate surface area is 245 Å². The number of ether oxygens (including phenoxy) is 2. The lowest BCUT2D eigenvalue weighted by molar-refractivity contribution is -0.137. The highest BCUT2D eigenvalue weighted by Gasteiger charge is 2.35. The van der Waals surface area contributed by atoms with Crippen LogP contribution in [-0.2, 0) is 17.3 Å². The first kappa shape index (κ1) is 34.1. The lowest BCUT2D eigenvalue weighted by atomic mass is 10.00. The fraction of sp³-hybridized carbons (Fsp3) is 0.536. The summed E-state index contributed by atoms with van der Waals surface area (Å²) in [6, 6.07) is 8.94. The lowest BCUT2D eigenvalue weighted by Crippen LogP contribution is -2.57. The number of halogens is 6. The molecule has 0 radical (unpaired) electrons. The van der Waals surface area contributed by atoms with E-state index in [1.54, 1.807) is 17.0 Å². The van der Waals surface area contributed by atoms with Crippen LogP contribution in [0.2, 0.25) is 0 Å².